The smallest absolute Gasteiger partial charge is 0.227 e. The fourth-order valence-corrected chi connectivity index (χ4v) is 2.61. The summed E-state index contributed by atoms with van der Waals surface area (Å²) in [5.41, 5.74) is 3.54. The molecular formula is C18H16N4O. The minimum atomic E-state index is 0.250. The molecule has 0 aliphatic rings. The van der Waals surface area contributed by atoms with Crippen molar-refractivity contribution in [2.75, 3.05) is 0 Å². The number of rotatable bonds is 3. The van der Waals surface area contributed by atoms with Crippen LogP contribution in [-0.4, -0.2) is 19.7 Å². The number of aromatic nitrogens is 4. The molecule has 0 bridgehead atoms. The fourth-order valence-electron chi connectivity index (χ4n) is 2.61. The minimum absolute atomic E-state index is 0.250. The summed E-state index contributed by atoms with van der Waals surface area (Å²) in [4.78, 5) is 8.98. The van der Waals surface area contributed by atoms with Crippen molar-refractivity contribution in [1.29, 1.82) is 0 Å². The van der Waals surface area contributed by atoms with Crippen molar-refractivity contribution in [1.82, 2.24) is 19.7 Å². The maximum atomic E-state index is 5.85. The van der Waals surface area contributed by atoms with E-state index in [1.807, 2.05) is 53.2 Å². The van der Waals surface area contributed by atoms with Gasteiger partial charge in [0, 0.05) is 17.2 Å². The van der Waals surface area contributed by atoms with Crippen LogP contribution >= 0.6 is 0 Å². The quantitative estimate of drug-likeness (QED) is 0.565. The number of fused-ring (bicyclic) bond motifs is 1. The Kier molecular flexibility index (Phi) is 3.19. The predicted octanol–water partition coefficient (Wildman–Crippen LogP) is 4.33. The average Bonchev–Trinajstić information content (AvgIpc) is 3.21. The van der Waals surface area contributed by atoms with Crippen LogP contribution in [-0.2, 0) is 0 Å². The van der Waals surface area contributed by atoms with Crippen molar-refractivity contribution in [2.24, 2.45) is 0 Å². The normalized spacial score (nSPS) is 11.4. The lowest BCUT2D eigenvalue weighted by molar-refractivity contribution is 0.537. The minimum Gasteiger partial charge on any atom is -0.436 e. The second-order valence-electron chi connectivity index (χ2n) is 5.69. The largest absolute Gasteiger partial charge is 0.436 e. The van der Waals surface area contributed by atoms with E-state index in [-0.39, 0.29) is 6.04 Å². The van der Waals surface area contributed by atoms with E-state index in [1.54, 1.807) is 6.33 Å². The second-order valence-corrected chi connectivity index (χ2v) is 5.69. The van der Waals surface area contributed by atoms with Crippen LogP contribution in [0, 0.1) is 0 Å². The first kappa shape index (κ1) is 13.7. The molecule has 0 radical (unpaired) electrons. The first-order valence-corrected chi connectivity index (χ1v) is 7.58. The summed E-state index contributed by atoms with van der Waals surface area (Å²) in [6.07, 6.45) is 1.58. The first-order valence-electron chi connectivity index (χ1n) is 7.58. The number of nitrogens with zero attached hydrogens (tertiary/aromatic N) is 4. The molecule has 0 unspecified atom stereocenters. The number of benzene rings is 2. The third-order valence-electron chi connectivity index (χ3n) is 3.73. The highest BCUT2D eigenvalue weighted by Crippen LogP contribution is 2.28. The summed E-state index contributed by atoms with van der Waals surface area (Å²) >= 11 is 0. The zero-order valence-electron chi connectivity index (χ0n) is 13.0. The third kappa shape index (κ3) is 2.40. The number of hydrogen-bond donors (Lipinski definition) is 0. The lowest BCUT2D eigenvalue weighted by Gasteiger charge is -2.08. The average molecular weight is 304 g/mol. The topological polar surface area (TPSA) is 56.7 Å². The van der Waals surface area contributed by atoms with Crippen molar-refractivity contribution < 1.29 is 4.42 Å². The summed E-state index contributed by atoms with van der Waals surface area (Å²) in [6.45, 7) is 4.17. The Bertz CT molecular complexity index is 953. The molecule has 5 heteroatoms. The highest BCUT2D eigenvalue weighted by atomic mass is 16.3. The van der Waals surface area contributed by atoms with Gasteiger partial charge in [0.15, 0.2) is 11.4 Å². The SMILES string of the molecule is CC(C)n1ncnc1-c1ccc2oc(-c3ccccc3)nc2c1. The molecule has 2 heterocycles. The van der Waals surface area contributed by atoms with Crippen molar-refractivity contribution >= 4 is 11.1 Å². The van der Waals surface area contributed by atoms with Crippen molar-refractivity contribution in [3.05, 3.63) is 54.9 Å². The molecule has 2 aromatic carbocycles. The molecule has 0 N–H and O–H groups in total. The molecule has 0 amide bonds. The zero-order chi connectivity index (χ0) is 15.8. The van der Waals surface area contributed by atoms with Crippen molar-refractivity contribution in [3.8, 4) is 22.8 Å². The van der Waals surface area contributed by atoms with Gasteiger partial charge in [0.05, 0.1) is 0 Å². The van der Waals surface area contributed by atoms with Crippen LogP contribution in [0.2, 0.25) is 0 Å². The summed E-state index contributed by atoms with van der Waals surface area (Å²) in [5, 5.41) is 4.29. The van der Waals surface area contributed by atoms with E-state index < -0.39 is 0 Å². The maximum absolute atomic E-state index is 5.85. The van der Waals surface area contributed by atoms with Gasteiger partial charge < -0.3 is 4.42 Å². The van der Waals surface area contributed by atoms with Crippen LogP contribution in [0.3, 0.4) is 0 Å². The van der Waals surface area contributed by atoms with Crippen molar-refractivity contribution in [2.45, 2.75) is 19.9 Å². The van der Waals surface area contributed by atoms with Crippen LogP contribution in [0.5, 0.6) is 0 Å². The molecule has 0 aliphatic heterocycles. The van der Waals surface area contributed by atoms with Crippen molar-refractivity contribution in [3.63, 3.8) is 0 Å². The Morgan fingerprint density at radius 1 is 1.00 bits per heavy atom. The van der Waals surface area contributed by atoms with Gasteiger partial charge in [-0.25, -0.2) is 14.6 Å². The standard InChI is InChI=1S/C18H16N4O/c1-12(2)22-17(19-11-20-22)14-8-9-16-15(10-14)21-18(23-16)13-6-4-3-5-7-13/h3-12H,1-2H3. The monoisotopic (exact) mass is 304 g/mol. The van der Waals surface area contributed by atoms with E-state index >= 15 is 0 Å². The summed E-state index contributed by atoms with van der Waals surface area (Å²) in [7, 11) is 0. The Labute approximate surface area is 133 Å². The molecule has 0 atom stereocenters. The van der Waals surface area contributed by atoms with Gasteiger partial charge in [0.2, 0.25) is 5.89 Å². The second kappa shape index (κ2) is 5.35. The summed E-state index contributed by atoms with van der Waals surface area (Å²) < 4.78 is 7.75. The van der Waals surface area contributed by atoms with E-state index in [1.165, 1.54) is 0 Å². The summed E-state index contributed by atoms with van der Waals surface area (Å²) in [6, 6.07) is 16.1. The molecule has 23 heavy (non-hydrogen) atoms. The Morgan fingerprint density at radius 3 is 2.61 bits per heavy atom. The molecule has 5 nitrogen and oxygen atoms in total. The molecule has 0 aliphatic carbocycles. The van der Waals surface area contributed by atoms with Crippen LogP contribution in [0.15, 0.2) is 59.3 Å². The van der Waals surface area contributed by atoms with E-state index in [0.717, 1.165) is 28.1 Å². The zero-order valence-corrected chi connectivity index (χ0v) is 13.0. The summed E-state index contributed by atoms with van der Waals surface area (Å²) in [5.74, 6) is 1.47. The van der Waals surface area contributed by atoms with Gasteiger partial charge in [-0.15, -0.1) is 0 Å². The maximum Gasteiger partial charge on any atom is 0.227 e. The Balaban J connectivity index is 1.81. The molecule has 114 valence electrons. The molecule has 4 aromatic rings. The van der Waals surface area contributed by atoms with Crippen LogP contribution in [0.1, 0.15) is 19.9 Å². The van der Waals surface area contributed by atoms with E-state index in [2.05, 4.69) is 28.9 Å². The van der Waals surface area contributed by atoms with Gasteiger partial charge >= 0.3 is 0 Å². The molecular weight excluding hydrogens is 288 g/mol. The van der Waals surface area contributed by atoms with Gasteiger partial charge in [0.1, 0.15) is 11.8 Å². The van der Waals surface area contributed by atoms with Crippen LogP contribution < -0.4 is 0 Å². The lowest BCUT2D eigenvalue weighted by atomic mass is 10.2. The fraction of sp³-hybridized carbons (Fsp3) is 0.167. The van der Waals surface area contributed by atoms with Gasteiger partial charge in [-0.05, 0) is 44.2 Å². The van der Waals surface area contributed by atoms with Gasteiger partial charge in [-0.1, -0.05) is 18.2 Å². The lowest BCUT2D eigenvalue weighted by Crippen LogP contribution is -2.04. The van der Waals surface area contributed by atoms with Crippen LogP contribution in [0.25, 0.3) is 33.9 Å². The number of hydrogen-bond acceptors (Lipinski definition) is 4. The number of oxazole rings is 1. The first-order chi connectivity index (χ1) is 11.2. The molecule has 0 spiro atoms. The van der Waals surface area contributed by atoms with Gasteiger partial charge in [-0.2, -0.15) is 5.10 Å². The molecule has 0 saturated heterocycles. The predicted molar refractivity (Wildman–Crippen MR) is 88.8 cm³/mol. The van der Waals surface area contributed by atoms with Gasteiger partial charge in [0.25, 0.3) is 0 Å². The van der Waals surface area contributed by atoms with E-state index in [0.29, 0.717) is 5.89 Å². The van der Waals surface area contributed by atoms with E-state index in [9.17, 15) is 0 Å². The van der Waals surface area contributed by atoms with E-state index in [4.69, 9.17) is 4.42 Å². The van der Waals surface area contributed by atoms with Gasteiger partial charge in [-0.3, -0.25) is 0 Å². The Morgan fingerprint density at radius 2 is 1.83 bits per heavy atom. The molecule has 0 saturated carbocycles. The molecule has 4 rings (SSSR count). The molecule has 2 aromatic heterocycles. The van der Waals surface area contributed by atoms with Crippen LogP contribution in [0.4, 0.5) is 0 Å². The highest BCUT2D eigenvalue weighted by molar-refractivity contribution is 5.81. The third-order valence-corrected chi connectivity index (χ3v) is 3.73. The molecule has 0 fully saturated rings. The highest BCUT2D eigenvalue weighted by Gasteiger charge is 2.13. The Hall–Kier alpha value is -2.95.